The van der Waals surface area contributed by atoms with Crippen LogP contribution < -0.4 is 10.0 Å². The van der Waals surface area contributed by atoms with Crippen molar-refractivity contribution >= 4 is 22.8 Å². The summed E-state index contributed by atoms with van der Waals surface area (Å²) in [4.78, 5) is 2.25. The van der Waals surface area contributed by atoms with Gasteiger partial charge in [0.1, 0.15) is 24.5 Å². The molecule has 3 aromatic rings. The highest BCUT2D eigenvalue weighted by atomic mass is 16.3. The molecule has 3 heteroatoms. The summed E-state index contributed by atoms with van der Waals surface area (Å²) < 4.78 is 2.25. The van der Waals surface area contributed by atoms with Crippen LogP contribution in [0.15, 0.2) is 60.4 Å². The Morgan fingerprint density at radius 3 is 1.85 bits per heavy atom. The van der Waals surface area contributed by atoms with Crippen LogP contribution in [0.4, 0.5) is 11.4 Å². The highest BCUT2D eigenvalue weighted by molar-refractivity contribution is 6.10. The third kappa shape index (κ3) is 4.20. The Hall–Kier alpha value is -3.33. The second-order valence-corrected chi connectivity index (χ2v) is 9.44. The van der Waals surface area contributed by atoms with E-state index in [4.69, 9.17) is 0 Å². The smallest absolute Gasteiger partial charge is 0.274 e. The number of hydrogen-bond donors (Lipinski definition) is 0. The molecule has 0 bridgehead atoms. The van der Waals surface area contributed by atoms with Crippen molar-refractivity contribution in [1.82, 2.24) is 0 Å². The van der Waals surface area contributed by atoms with Gasteiger partial charge in [0.05, 0.1) is 0 Å². The highest BCUT2D eigenvalue weighted by Crippen LogP contribution is 2.34. The second-order valence-electron chi connectivity index (χ2n) is 9.44. The van der Waals surface area contributed by atoms with E-state index in [-0.39, 0.29) is 5.76 Å². The molecule has 0 unspecified atom stereocenters. The van der Waals surface area contributed by atoms with Crippen LogP contribution in [-0.4, -0.2) is 23.5 Å². The van der Waals surface area contributed by atoms with Crippen LogP contribution in [0, 0.1) is 41.5 Å². The average Bonchev–Trinajstić information content (AvgIpc) is 3.16. The molecule has 0 aliphatic carbocycles. The molecule has 1 aliphatic heterocycles. The number of hydrogen-bond acceptors (Lipinski definition) is 2. The third-order valence-electron chi connectivity index (χ3n) is 6.62. The lowest BCUT2D eigenvalue weighted by Crippen LogP contribution is -2.36. The summed E-state index contributed by atoms with van der Waals surface area (Å²) in [5.41, 5.74) is 11.3. The summed E-state index contributed by atoms with van der Waals surface area (Å²) in [5, 5.41) is 14.1. The van der Waals surface area contributed by atoms with Crippen LogP contribution >= 0.6 is 0 Å². The average molecular weight is 439 g/mol. The van der Waals surface area contributed by atoms with E-state index < -0.39 is 0 Å². The standard InChI is InChI=1S/C30H34N2O/c1-19-15-21(3)27(22(4)16-19)31-13-14-32(28-23(5)17-20(2)18-24(28)6)30(31)29(33)25(7)26-11-9-8-10-12-26/h8-12,15-18H,13-14H2,1-7H3/b29-25-. The molecular weight excluding hydrogens is 404 g/mol. The highest BCUT2D eigenvalue weighted by Gasteiger charge is 2.36. The van der Waals surface area contributed by atoms with Gasteiger partial charge in [-0.15, -0.1) is 0 Å². The molecule has 0 atom stereocenters. The van der Waals surface area contributed by atoms with E-state index >= 15 is 0 Å². The lowest BCUT2D eigenvalue weighted by Gasteiger charge is -2.24. The molecule has 0 fully saturated rings. The normalized spacial score (nSPS) is 14.7. The quantitative estimate of drug-likeness (QED) is 0.375. The Morgan fingerprint density at radius 1 is 0.788 bits per heavy atom. The fourth-order valence-corrected chi connectivity index (χ4v) is 5.42. The molecule has 0 saturated carbocycles. The molecule has 0 amide bonds. The minimum Gasteiger partial charge on any atom is -0.867 e. The zero-order valence-electron chi connectivity index (χ0n) is 20.9. The van der Waals surface area contributed by atoms with Gasteiger partial charge in [0.15, 0.2) is 0 Å². The van der Waals surface area contributed by atoms with E-state index in [2.05, 4.69) is 75.3 Å². The first-order chi connectivity index (χ1) is 15.7. The molecule has 3 nitrogen and oxygen atoms in total. The van der Waals surface area contributed by atoms with Gasteiger partial charge in [-0.25, -0.2) is 9.48 Å². The van der Waals surface area contributed by atoms with Crippen LogP contribution in [0.2, 0.25) is 0 Å². The molecule has 0 saturated heterocycles. The largest absolute Gasteiger partial charge is 0.867 e. The molecule has 3 aromatic carbocycles. The third-order valence-corrected chi connectivity index (χ3v) is 6.62. The SMILES string of the molecule is C/C(=C(/[O-])C1=[N+](c2c(C)cc(C)cc2C)CCN1c1c(C)cc(C)cc1C)c1ccccc1. The van der Waals surface area contributed by atoms with E-state index in [9.17, 15) is 5.11 Å². The number of allylic oxidation sites excluding steroid dienone is 1. The van der Waals surface area contributed by atoms with E-state index in [1.165, 1.54) is 33.4 Å². The Kier molecular flexibility index (Phi) is 6.16. The van der Waals surface area contributed by atoms with E-state index in [0.717, 1.165) is 41.4 Å². The van der Waals surface area contributed by atoms with Crippen molar-refractivity contribution < 1.29 is 9.68 Å². The summed E-state index contributed by atoms with van der Waals surface area (Å²) >= 11 is 0. The molecule has 33 heavy (non-hydrogen) atoms. The number of rotatable bonds is 4. The van der Waals surface area contributed by atoms with Crippen LogP contribution in [0.1, 0.15) is 45.9 Å². The van der Waals surface area contributed by atoms with Crippen molar-refractivity contribution in [3.05, 3.63) is 99.3 Å². The zero-order valence-corrected chi connectivity index (χ0v) is 20.9. The van der Waals surface area contributed by atoms with Crippen molar-refractivity contribution in [2.45, 2.75) is 48.5 Å². The molecule has 0 N–H and O–H groups in total. The molecule has 170 valence electrons. The molecule has 0 aromatic heterocycles. The number of nitrogens with zero attached hydrogens (tertiary/aromatic N) is 2. The molecule has 0 spiro atoms. The molecule has 1 heterocycles. The van der Waals surface area contributed by atoms with E-state index in [0.29, 0.717) is 0 Å². The first-order valence-corrected chi connectivity index (χ1v) is 11.7. The predicted molar refractivity (Wildman–Crippen MR) is 137 cm³/mol. The van der Waals surface area contributed by atoms with Gasteiger partial charge in [0, 0.05) is 0 Å². The Bertz CT molecular complexity index is 1240. The van der Waals surface area contributed by atoms with E-state index in [1.807, 2.05) is 37.3 Å². The molecular formula is C30H34N2O. The summed E-state index contributed by atoms with van der Waals surface area (Å²) in [7, 11) is 0. The number of aryl methyl sites for hydroxylation is 6. The molecule has 1 aliphatic rings. The molecule has 4 rings (SSSR count). The fraction of sp³-hybridized carbons (Fsp3) is 0.300. The summed E-state index contributed by atoms with van der Waals surface area (Å²) in [6, 6.07) is 18.8. The lowest BCUT2D eigenvalue weighted by atomic mass is 10.0. The maximum atomic E-state index is 14.1. The Morgan fingerprint density at radius 2 is 1.30 bits per heavy atom. The minimum absolute atomic E-state index is 0.0810. The van der Waals surface area contributed by atoms with Crippen LogP contribution in [0.5, 0.6) is 0 Å². The van der Waals surface area contributed by atoms with Gasteiger partial charge in [-0.1, -0.05) is 65.7 Å². The monoisotopic (exact) mass is 438 g/mol. The van der Waals surface area contributed by atoms with Gasteiger partial charge < -0.3 is 5.11 Å². The van der Waals surface area contributed by atoms with Gasteiger partial charge in [-0.3, -0.25) is 0 Å². The van der Waals surface area contributed by atoms with Gasteiger partial charge in [0.25, 0.3) is 5.84 Å². The van der Waals surface area contributed by atoms with Crippen LogP contribution in [0.3, 0.4) is 0 Å². The number of benzene rings is 3. The number of anilines is 1. The predicted octanol–water partition coefficient (Wildman–Crippen LogP) is 5.89. The topological polar surface area (TPSA) is 29.3 Å². The summed E-state index contributed by atoms with van der Waals surface area (Å²) in [6.45, 7) is 16.4. The first kappa shape index (κ1) is 22.8. The maximum absolute atomic E-state index is 14.1. The van der Waals surface area contributed by atoms with Crippen molar-refractivity contribution in [2.24, 2.45) is 0 Å². The maximum Gasteiger partial charge on any atom is 0.274 e. The fourth-order valence-electron chi connectivity index (χ4n) is 5.42. The van der Waals surface area contributed by atoms with Crippen molar-refractivity contribution in [3.63, 3.8) is 0 Å². The Labute approximate surface area is 198 Å². The van der Waals surface area contributed by atoms with Gasteiger partial charge in [0.2, 0.25) is 0 Å². The van der Waals surface area contributed by atoms with Crippen LogP contribution in [-0.2, 0) is 0 Å². The van der Waals surface area contributed by atoms with Crippen molar-refractivity contribution in [1.29, 1.82) is 0 Å². The first-order valence-electron chi connectivity index (χ1n) is 11.7. The van der Waals surface area contributed by atoms with Crippen molar-refractivity contribution in [3.8, 4) is 0 Å². The van der Waals surface area contributed by atoms with Crippen LogP contribution in [0.25, 0.3) is 5.57 Å². The minimum atomic E-state index is 0.0810. The second kappa shape index (κ2) is 8.90. The number of amidine groups is 1. The van der Waals surface area contributed by atoms with Crippen molar-refractivity contribution in [2.75, 3.05) is 18.0 Å². The summed E-state index contributed by atoms with van der Waals surface area (Å²) in [5.74, 6) is 0.832. The van der Waals surface area contributed by atoms with Gasteiger partial charge >= 0.3 is 0 Å². The molecule has 0 radical (unpaired) electrons. The van der Waals surface area contributed by atoms with Gasteiger partial charge in [-0.2, -0.15) is 0 Å². The Balaban J connectivity index is 2.01. The van der Waals surface area contributed by atoms with Gasteiger partial charge in [-0.05, 0) is 87.6 Å². The van der Waals surface area contributed by atoms with E-state index in [1.54, 1.807) is 0 Å². The zero-order chi connectivity index (χ0) is 23.9. The summed E-state index contributed by atoms with van der Waals surface area (Å²) in [6.07, 6.45) is 0. The lowest BCUT2D eigenvalue weighted by molar-refractivity contribution is -0.435.